The van der Waals surface area contributed by atoms with Crippen molar-refractivity contribution < 1.29 is 0 Å². The molecule has 0 aliphatic carbocycles. The van der Waals surface area contributed by atoms with E-state index in [-0.39, 0.29) is 10.8 Å². The number of fused-ring (bicyclic) bond motifs is 4. The molecule has 1 aliphatic rings. The molecule has 53 heavy (non-hydrogen) atoms. The molecule has 0 radical (unpaired) electrons. The Hall–Kier alpha value is -4.29. The Balaban J connectivity index is 1.44. The fourth-order valence-electron chi connectivity index (χ4n) is 9.42. The third-order valence-corrected chi connectivity index (χ3v) is 14.5. The van der Waals surface area contributed by atoms with Gasteiger partial charge in [-0.2, -0.15) is 0 Å². The molecular formula is C51H56B2. The maximum atomic E-state index is 2.59. The first-order chi connectivity index (χ1) is 25.0. The maximum Gasteiger partial charge on any atom is 0.176 e. The molecule has 0 bridgehead atoms. The predicted octanol–water partition coefficient (Wildman–Crippen LogP) is 13.8. The zero-order valence-electron chi connectivity index (χ0n) is 33.8. The summed E-state index contributed by atoms with van der Waals surface area (Å²) in [5.74, 6) is 0. The molecule has 7 aromatic carbocycles. The second-order valence-corrected chi connectivity index (χ2v) is 19.6. The zero-order valence-corrected chi connectivity index (χ0v) is 33.8. The van der Waals surface area contributed by atoms with Gasteiger partial charge in [-0.1, -0.05) is 208 Å². The number of benzene rings is 7. The minimum Gasteiger partial charge on any atom is -0.0817 e. The molecule has 266 valence electrons. The molecule has 2 heteroatoms. The highest BCUT2D eigenvalue weighted by Gasteiger charge is 2.48. The third-order valence-electron chi connectivity index (χ3n) is 14.5. The quantitative estimate of drug-likeness (QED) is 0.120. The van der Waals surface area contributed by atoms with Crippen LogP contribution in [0.3, 0.4) is 0 Å². The van der Waals surface area contributed by atoms with Gasteiger partial charge in [0.1, 0.15) is 0 Å². The molecule has 1 fully saturated rings. The van der Waals surface area contributed by atoms with Crippen molar-refractivity contribution in [3.63, 3.8) is 0 Å². The summed E-state index contributed by atoms with van der Waals surface area (Å²) in [6.07, 6.45) is 3.57. The molecule has 0 N–H and O–H groups in total. The van der Waals surface area contributed by atoms with Gasteiger partial charge in [0.15, 0.2) is 13.4 Å². The van der Waals surface area contributed by atoms with Crippen molar-refractivity contribution in [1.82, 2.24) is 0 Å². The molecule has 7 aromatic rings. The van der Waals surface area contributed by atoms with E-state index in [1.165, 1.54) is 88.9 Å². The minimum absolute atomic E-state index is 0.196. The van der Waals surface area contributed by atoms with E-state index in [1.807, 2.05) is 0 Å². The maximum absolute atomic E-state index is 2.59. The van der Waals surface area contributed by atoms with Crippen LogP contribution < -0.4 is 10.9 Å². The van der Waals surface area contributed by atoms with Gasteiger partial charge in [-0.15, -0.1) is 0 Å². The van der Waals surface area contributed by atoms with E-state index < -0.39 is 0 Å². The molecule has 1 aliphatic heterocycles. The van der Waals surface area contributed by atoms with Crippen molar-refractivity contribution in [2.45, 2.75) is 88.1 Å². The summed E-state index contributed by atoms with van der Waals surface area (Å²) in [6.45, 7) is 25.4. The summed E-state index contributed by atoms with van der Waals surface area (Å²) >= 11 is 0. The summed E-state index contributed by atoms with van der Waals surface area (Å²) < 4.78 is 0. The van der Waals surface area contributed by atoms with Gasteiger partial charge in [0.05, 0.1) is 0 Å². The van der Waals surface area contributed by atoms with Crippen LogP contribution in [0.4, 0.5) is 0 Å². The first-order valence-electron chi connectivity index (χ1n) is 20.0. The van der Waals surface area contributed by atoms with Crippen LogP contribution in [0.25, 0.3) is 65.3 Å². The van der Waals surface area contributed by atoms with Crippen molar-refractivity contribution in [3.8, 4) is 22.3 Å². The van der Waals surface area contributed by atoms with E-state index in [4.69, 9.17) is 0 Å². The molecule has 0 amide bonds. The van der Waals surface area contributed by atoms with Crippen molar-refractivity contribution in [2.75, 3.05) is 0 Å². The van der Waals surface area contributed by atoms with Crippen molar-refractivity contribution in [2.24, 2.45) is 21.7 Å². The summed E-state index contributed by atoms with van der Waals surface area (Å²) in [7, 11) is 0. The highest BCUT2D eigenvalue weighted by molar-refractivity contribution is 6.74. The van der Waals surface area contributed by atoms with Crippen LogP contribution in [0.15, 0.2) is 121 Å². The Morgan fingerprint density at radius 1 is 0.528 bits per heavy atom. The molecule has 0 nitrogen and oxygen atoms in total. The standard InChI is InChI=1S/C51H56B2/c1-48(2,3)49(4,5)31-52(10)40-23-25-42-44(29-40)46(38-21-19-34-15-11-13-17-36(34)27-38)43-26-24-41(53-32-50(6,7)51(8,9)33-53)30-45(43)47(42)39-22-20-35-16-12-14-18-37(35)28-39/h11-30H,31-33H2,1-10H3. The fourth-order valence-corrected chi connectivity index (χ4v) is 9.42. The van der Waals surface area contributed by atoms with Crippen LogP contribution in [-0.4, -0.2) is 13.4 Å². The highest BCUT2D eigenvalue weighted by atomic mass is 14.4. The van der Waals surface area contributed by atoms with Gasteiger partial charge >= 0.3 is 0 Å². The molecule has 0 spiro atoms. The van der Waals surface area contributed by atoms with Crippen molar-refractivity contribution in [1.29, 1.82) is 0 Å². The number of hydrogen-bond donors (Lipinski definition) is 0. The van der Waals surface area contributed by atoms with Crippen LogP contribution in [0.1, 0.15) is 62.3 Å². The first-order valence-corrected chi connectivity index (χ1v) is 20.0. The smallest absolute Gasteiger partial charge is 0.0817 e. The Morgan fingerprint density at radius 2 is 1.00 bits per heavy atom. The lowest BCUT2D eigenvalue weighted by molar-refractivity contribution is 0.156. The Bertz CT molecular complexity index is 2510. The van der Waals surface area contributed by atoms with E-state index in [0.29, 0.717) is 24.3 Å². The second kappa shape index (κ2) is 12.7. The van der Waals surface area contributed by atoms with Gasteiger partial charge in [-0.05, 0) is 99.1 Å². The third kappa shape index (κ3) is 6.21. The lowest BCUT2D eigenvalue weighted by Gasteiger charge is -2.40. The summed E-state index contributed by atoms with van der Waals surface area (Å²) in [5, 5.41) is 10.5. The number of hydrogen-bond acceptors (Lipinski definition) is 0. The molecule has 1 heterocycles. The molecule has 0 aromatic heterocycles. The summed E-state index contributed by atoms with van der Waals surface area (Å²) in [6, 6.07) is 46.8. The predicted molar refractivity (Wildman–Crippen MR) is 239 cm³/mol. The Morgan fingerprint density at radius 3 is 1.51 bits per heavy atom. The van der Waals surface area contributed by atoms with Gasteiger partial charge in [-0.25, -0.2) is 0 Å². The monoisotopic (exact) mass is 690 g/mol. The van der Waals surface area contributed by atoms with Gasteiger partial charge in [0.2, 0.25) is 0 Å². The van der Waals surface area contributed by atoms with Gasteiger partial charge in [0, 0.05) is 0 Å². The van der Waals surface area contributed by atoms with E-state index in [0.717, 1.165) is 6.32 Å². The first kappa shape index (κ1) is 35.7. The SMILES string of the molecule is CB(CC(C)(C)C(C)(C)C)c1ccc2c(-c3ccc4ccccc4c3)c3cc(B4CC(C)(C)C(C)(C)C4)ccc3c(-c3ccc4ccccc4c3)c2c1. The molecule has 8 rings (SSSR count). The van der Waals surface area contributed by atoms with Crippen molar-refractivity contribution >= 4 is 67.4 Å². The van der Waals surface area contributed by atoms with Crippen LogP contribution >= 0.6 is 0 Å². The van der Waals surface area contributed by atoms with Crippen LogP contribution in [0.2, 0.25) is 25.8 Å². The van der Waals surface area contributed by atoms with Gasteiger partial charge < -0.3 is 0 Å². The molecule has 1 saturated heterocycles. The average molecular weight is 691 g/mol. The van der Waals surface area contributed by atoms with E-state index in [1.54, 1.807) is 0 Å². The normalized spacial score (nSPS) is 15.9. The summed E-state index contributed by atoms with van der Waals surface area (Å²) in [4.78, 5) is 0. The van der Waals surface area contributed by atoms with Crippen LogP contribution in [0, 0.1) is 21.7 Å². The lowest BCUT2D eigenvalue weighted by Crippen LogP contribution is -2.38. The van der Waals surface area contributed by atoms with Gasteiger partial charge in [-0.3, -0.25) is 0 Å². The van der Waals surface area contributed by atoms with Gasteiger partial charge in [0.25, 0.3) is 0 Å². The van der Waals surface area contributed by atoms with E-state index in [2.05, 4.69) is 190 Å². The number of rotatable bonds is 6. The van der Waals surface area contributed by atoms with Crippen LogP contribution in [-0.2, 0) is 0 Å². The largest absolute Gasteiger partial charge is 0.176 e. The minimum atomic E-state index is 0.196. The Labute approximate surface area is 319 Å². The molecular weight excluding hydrogens is 634 g/mol. The van der Waals surface area contributed by atoms with E-state index in [9.17, 15) is 0 Å². The molecule has 0 saturated carbocycles. The average Bonchev–Trinajstić information content (AvgIpc) is 3.34. The topological polar surface area (TPSA) is 0 Å². The van der Waals surface area contributed by atoms with Crippen molar-refractivity contribution in [3.05, 3.63) is 121 Å². The Kier molecular flexibility index (Phi) is 8.53. The van der Waals surface area contributed by atoms with Crippen LogP contribution in [0.5, 0.6) is 0 Å². The molecule has 0 atom stereocenters. The fraction of sp³-hybridized carbons (Fsp3) is 0.333. The lowest BCUT2D eigenvalue weighted by atomic mass is 9.38. The zero-order chi connectivity index (χ0) is 37.5. The highest BCUT2D eigenvalue weighted by Crippen LogP contribution is 2.53. The molecule has 0 unspecified atom stereocenters. The van der Waals surface area contributed by atoms with E-state index >= 15 is 0 Å². The second-order valence-electron chi connectivity index (χ2n) is 19.6. The summed E-state index contributed by atoms with van der Waals surface area (Å²) in [5.41, 5.74) is 9.21.